The van der Waals surface area contributed by atoms with Crippen molar-refractivity contribution in [2.75, 3.05) is 23.7 Å². The van der Waals surface area contributed by atoms with Crippen LogP contribution in [0, 0.1) is 0 Å². The van der Waals surface area contributed by atoms with E-state index in [1.165, 1.54) is 0 Å². The smallest absolute Gasteiger partial charge is 0.330 e. The fourth-order valence-electron chi connectivity index (χ4n) is 4.83. The molecule has 9 nitrogen and oxygen atoms in total. The molecule has 1 aliphatic heterocycles. The molecule has 9 heteroatoms. The van der Waals surface area contributed by atoms with E-state index >= 15 is 0 Å². The fraction of sp³-hybridized carbons (Fsp3) is 0.478. The molecule has 5 rings (SSSR count). The second-order valence-corrected chi connectivity index (χ2v) is 8.75. The first-order valence-corrected chi connectivity index (χ1v) is 11.4. The summed E-state index contributed by atoms with van der Waals surface area (Å²) in [6.07, 6.45) is 7.71. The van der Waals surface area contributed by atoms with Crippen LogP contribution >= 0.6 is 0 Å². The van der Waals surface area contributed by atoms with Crippen molar-refractivity contribution in [3.05, 3.63) is 47.0 Å². The standard InChI is InChI=1S/C23H29N7O2/c1-28-19-15-24-21(27-20(19)30(23(28)32)18-9-5-6-10-18)25-17-11-13-29(14-12-17)22(31)26-16-7-3-2-4-8-16/h2-4,7-8,15,17-18H,5-6,9-14H2,1H3,(H,26,31)(H,24,25,27). The Balaban J connectivity index is 1.25. The number of aryl methyl sites for hydroxylation is 1. The molecule has 1 aromatic carbocycles. The first-order chi connectivity index (χ1) is 15.6. The maximum Gasteiger partial charge on any atom is 0.330 e. The largest absolute Gasteiger partial charge is 0.351 e. The van der Waals surface area contributed by atoms with Gasteiger partial charge in [0.15, 0.2) is 5.65 Å². The molecule has 2 amide bonds. The van der Waals surface area contributed by atoms with Crippen LogP contribution in [0.5, 0.6) is 0 Å². The van der Waals surface area contributed by atoms with Crippen LogP contribution in [0.25, 0.3) is 11.2 Å². The molecule has 0 spiro atoms. The van der Waals surface area contributed by atoms with Gasteiger partial charge in [-0.15, -0.1) is 0 Å². The summed E-state index contributed by atoms with van der Waals surface area (Å²) in [7, 11) is 1.78. The van der Waals surface area contributed by atoms with Gasteiger partial charge in [-0.05, 0) is 37.8 Å². The molecule has 3 aromatic rings. The molecule has 0 bridgehead atoms. The molecule has 2 N–H and O–H groups in total. The number of imidazole rings is 1. The Labute approximate surface area is 186 Å². The summed E-state index contributed by atoms with van der Waals surface area (Å²) in [6, 6.07) is 9.84. The summed E-state index contributed by atoms with van der Waals surface area (Å²) >= 11 is 0. The Hall–Kier alpha value is -3.36. The van der Waals surface area contributed by atoms with Crippen LogP contribution in [-0.2, 0) is 7.05 Å². The average Bonchev–Trinajstić information content (AvgIpc) is 3.42. The van der Waals surface area contributed by atoms with Crippen LogP contribution in [0.1, 0.15) is 44.6 Å². The lowest BCUT2D eigenvalue weighted by molar-refractivity contribution is 0.197. The maximum atomic E-state index is 12.8. The zero-order valence-corrected chi connectivity index (χ0v) is 18.3. The minimum absolute atomic E-state index is 0.0175. The zero-order valence-electron chi connectivity index (χ0n) is 18.3. The van der Waals surface area contributed by atoms with Crippen molar-refractivity contribution in [1.82, 2.24) is 24.0 Å². The third kappa shape index (κ3) is 3.94. The molecule has 32 heavy (non-hydrogen) atoms. The molecule has 0 radical (unpaired) electrons. The van der Waals surface area contributed by atoms with Gasteiger partial charge in [-0.2, -0.15) is 4.98 Å². The number of urea groups is 1. The number of rotatable bonds is 4. The number of nitrogens with one attached hydrogen (secondary N) is 2. The van der Waals surface area contributed by atoms with Crippen molar-refractivity contribution in [3.63, 3.8) is 0 Å². The van der Waals surface area contributed by atoms with Crippen molar-refractivity contribution in [2.45, 2.75) is 50.6 Å². The predicted octanol–water partition coefficient (Wildman–Crippen LogP) is 3.35. The summed E-state index contributed by atoms with van der Waals surface area (Å²) < 4.78 is 3.49. The highest BCUT2D eigenvalue weighted by Gasteiger charge is 2.26. The monoisotopic (exact) mass is 435 g/mol. The lowest BCUT2D eigenvalue weighted by Crippen LogP contribution is -2.44. The number of nitrogens with zero attached hydrogens (tertiary/aromatic N) is 5. The second-order valence-electron chi connectivity index (χ2n) is 8.75. The molecule has 2 aromatic heterocycles. The molecule has 2 fully saturated rings. The van der Waals surface area contributed by atoms with E-state index in [-0.39, 0.29) is 23.8 Å². The van der Waals surface area contributed by atoms with Gasteiger partial charge in [0.2, 0.25) is 5.95 Å². The molecule has 1 saturated heterocycles. The summed E-state index contributed by atoms with van der Waals surface area (Å²) in [5, 5.41) is 6.37. The number of carbonyl (C=O) groups excluding carboxylic acids is 1. The first kappa shape index (κ1) is 20.5. The van der Waals surface area contributed by atoms with Crippen LogP contribution < -0.4 is 16.3 Å². The van der Waals surface area contributed by atoms with Gasteiger partial charge in [-0.3, -0.25) is 9.13 Å². The number of hydrogen-bond donors (Lipinski definition) is 2. The molecule has 0 atom stereocenters. The van der Waals surface area contributed by atoms with Crippen molar-refractivity contribution in [3.8, 4) is 0 Å². The molecule has 0 unspecified atom stereocenters. The molecule has 168 valence electrons. The lowest BCUT2D eigenvalue weighted by atomic mass is 10.1. The number of amides is 2. The SMILES string of the molecule is Cn1c(=O)n(C2CCCC2)c2nc(NC3CCN(C(=O)Nc4ccccc4)CC3)ncc21. The summed E-state index contributed by atoms with van der Waals surface area (Å²) in [6.45, 7) is 1.33. The molecule has 3 heterocycles. The molecular formula is C23H29N7O2. The zero-order chi connectivity index (χ0) is 22.1. The number of piperidine rings is 1. The van der Waals surface area contributed by atoms with Crippen molar-refractivity contribution < 1.29 is 4.79 Å². The number of para-hydroxylation sites is 1. The molecule has 1 aliphatic carbocycles. The third-order valence-electron chi connectivity index (χ3n) is 6.66. The number of anilines is 2. The fourth-order valence-corrected chi connectivity index (χ4v) is 4.83. The molecule has 2 aliphatic rings. The van der Waals surface area contributed by atoms with E-state index in [9.17, 15) is 9.59 Å². The predicted molar refractivity (Wildman–Crippen MR) is 124 cm³/mol. The van der Waals surface area contributed by atoms with E-state index in [1.807, 2.05) is 39.8 Å². The van der Waals surface area contributed by atoms with Gasteiger partial charge >= 0.3 is 11.7 Å². The van der Waals surface area contributed by atoms with Gasteiger partial charge in [0.25, 0.3) is 0 Å². The Morgan fingerprint density at radius 1 is 1.06 bits per heavy atom. The summed E-state index contributed by atoms with van der Waals surface area (Å²) in [5.74, 6) is 0.544. The van der Waals surface area contributed by atoms with E-state index in [0.717, 1.165) is 49.7 Å². The second kappa shape index (κ2) is 8.64. The Kier molecular flexibility index (Phi) is 5.55. The van der Waals surface area contributed by atoms with E-state index in [1.54, 1.807) is 17.8 Å². The highest BCUT2D eigenvalue weighted by molar-refractivity contribution is 5.89. The highest BCUT2D eigenvalue weighted by atomic mass is 16.2. The van der Waals surface area contributed by atoms with Crippen LogP contribution in [0.4, 0.5) is 16.4 Å². The van der Waals surface area contributed by atoms with Crippen LogP contribution in [0.3, 0.4) is 0 Å². The number of benzene rings is 1. The van der Waals surface area contributed by atoms with Gasteiger partial charge in [0.05, 0.1) is 6.20 Å². The number of hydrogen-bond acceptors (Lipinski definition) is 5. The Morgan fingerprint density at radius 3 is 2.50 bits per heavy atom. The first-order valence-electron chi connectivity index (χ1n) is 11.4. The topological polar surface area (TPSA) is 97.1 Å². The van der Waals surface area contributed by atoms with Crippen molar-refractivity contribution in [1.29, 1.82) is 0 Å². The van der Waals surface area contributed by atoms with Crippen molar-refractivity contribution >= 4 is 28.8 Å². The molecule has 1 saturated carbocycles. The van der Waals surface area contributed by atoms with E-state index in [2.05, 4.69) is 15.6 Å². The van der Waals surface area contributed by atoms with Crippen LogP contribution in [0.2, 0.25) is 0 Å². The number of aromatic nitrogens is 4. The van der Waals surface area contributed by atoms with E-state index in [4.69, 9.17) is 4.98 Å². The normalized spacial score (nSPS) is 17.7. The molecular weight excluding hydrogens is 406 g/mol. The minimum Gasteiger partial charge on any atom is -0.351 e. The van der Waals surface area contributed by atoms with Crippen LogP contribution in [-0.4, -0.2) is 49.2 Å². The Bertz CT molecular complexity index is 1160. The maximum absolute atomic E-state index is 12.8. The quantitative estimate of drug-likeness (QED) is 0.655. The van der Waals surface area contributed by atoms with Gasteiger partial charge in [0.1, 0.15) is 5.52 Å². The van der Waals surface area contributed by atoms with Gasteiger partial charge < -0.3 is 15.5 Å². The number of fused-ring (bicyclic) bond motifs is 1. The van der Waals surface area contributed by atoms with Crippen LogP contribution in [0.15, 0.2) is 41.3 Å². The summed E-state index contributed by atoms with van der Waals surface area (Å²) in [5.41, 5.74) is 2.26. The van der Waals surface area contributed by atoms with Gasteiger partial charge in [-0.25, -0.2) is 14.6 Å². The highest BCUT2D eigenvalue weighted by Crippen LogP contribution is 2.30. The Morgan fingerprint density at radius 2 is 1.78 bits per heavy atom. The lowest BCUT2D eigenvalue weighted by Gasteiger charge is -2.32. The van der Waals surface area contributed by atoms with Crippen molar-refractivity contribution in [2.24, 2.45) is 7.05 Å². The average molecular weight is 436 g/mol. The van der Waals surface area contributed by atoms with Gasteiger partial charge in [-0.1, -0.05) is 31.0 Å². The summed E-state index contributed by atoms with van der Waals surface area (Å²) in [4.78, 5) is 36.3. The number of likely N-dealkylation sites (tertiary alicyclic amines) is 1. The van der Waals surface area contributed by atoms with E-state index < -0.39 is 0 Å². The van der Waals surface area contributed by atoms with Gasteiger partial charge in [0, 0.05) is 37.9 Å². The third-order valence-corrected chi connectivity index (χ3v) is 6.66. The minimum atomic E-state index is -0.0721. The number of carbonyl (C=O) groups is 1. The van der Waals surface area contributed by atoms with E-state index in [0.29, 0.717) is 24.7 Å².